The molecule has 2 heterocycles. The van der Waals surface area contributed by atoms with Gasteiger partial charge >= 0.3 is 0 Å². The van der Waals surface area contributed by atoms with Crippen molar-refractivity contribution in [2.75, 3.05) is 19.6 Å². The van der Waals surface area contributed by atoms with Crippen LogP contribution in [0.1, 0.15) is 34.4 Å². The number of fused-ring (bicyclic) bond motifs is 4. The van der Waals surface area contributed by atoms with Crippen LogP contribution in [-0.2, 0) is 24.7 Å². The standard InChI is InChI=1S/C30H32N2O2/c1-21-7-5-12-26-28(21)25-18-30(34)20-32(15-13-22-8-3-2-4-9-22)16-14-29(30,19-27(25)31-26)23-10-6-11-24(33)17-23/h2-12,17,31,33-34H,13-16,18-20H2,1H3. The molecular formula is C30H32N2O2. The Kier molecular flexibility index (Phi) is 5.05. The molecule has 0 saturated carbocycles. The molecule has 1 aromatic heterocycles. The summed E-state index contributed by atoms with van der Waals surface area (Å²) >= 11 is 0. The van der Waals surface area contributed by atoms with Crippen LogP contribution in [0.25, 0.3) is 10.9 Å². The van der Waals surface area contributed by atoms with Crippen molar-refractivity contribution in [3.05, 3.63) is 101 Å². The Bertz CT molecular complexity index is 1340. The summed E-state index contributed by atoms with van der Waals surface area (Å²) in [7, 11) is 0. The topological polar surface area (TPSA) is 59.5 Å². The zero-order valence-corrected chi connectivity index (χ0v) is 19.7. The number of nitrogens with one attached hydrogen (secondary N) is 1. The summed E-state index contributed by atoms with van der Waals surface area (Å²) in [5.74, 6) is 0.263. The van der Waals surface area contributed by atoms with E-state index in [1.807, 2.05) is 12.1 Å². The second kappa shape index (κ2) is 8.00. The number of phenolic OH excluding ortho intramolecular Hbond substituents is 1. The molecule has 0 bridgehead atoms. The van der Waals surface area contributed by atoms with Crippen molar-refractivity contribution in [3.8, 4) is 5.75 Å². The number of H-pyrrole nitrogens is 1. The van der Waals surface area contributed by atoms with Crippen LogP contribution in [-0.4, -0.2) is 45.3 Å². The van der Waals surface area contributed by atoms with Crippen LogP contribution in [0.3, 0.4) is 0 Å². The molecule has 4 heteroatoms. The third-order valence-corrected chi connectivity index (χ3v) is 8.36. The molecule has 2 unspecified atom stereocenters. The van der Waals surface area contributed by atoms with E-state index < -0.39 is 11.0 Å². The van der Waals surface area contributed by atoms with Gasteiger partial charge in [0.1, 0.15) is 5.75 Å². The van der Waals surface area contributed by atoms with Crippen molar-refractivity contribution in [3.63, 3.8) is 0 Å². The molecule has 1 fully saturated rings. The Hall–Kier alpha value is -3.08. The summed E-state index contributed by atoms with van der Waals surface area (Å²) in [5.41, 5.74) is 5.92. The van der Waals surface area contributed by atoms with Gasteiger partial charge in [-0.3, -0.25) is 0 Å². The largest absolute Gasteiger partial charge is 0.508 e. The SMILES string of the molecule is Cc1cccc2[nH]c3c(c12)CC1(O)CN(CCc2ccccc2)CCC1(c1cccc(O)c1)C3. The summed E-state index contributed by atoms with van der Waals surface area (Å²) in [6.45, 7) is 4.65. The molecule has 3 N–H and O–H groups in total. The van der Waals surface area contributed by atoms with E-state index in [2.05, 4.69) is 71.4 Å². The van der Waals surface area contributed by atoms with Gasteiger partial charge in [0, 0.05) is 47.9 Å². The summed E-state index contributed by atoms with van der Waals surface area (Å²) in [5, 5.41) is 24.1. The minimum Gasteiger partial charge on any atom is -0.508 e. The van der Waals surface area contributed by atoms with Crippen LogP contribution in [0.15, 0.2) is 72.8 Å². The highest BCUT2D eigenvalue weighted by atomic mass is 16.3. The molecule has 3 aromatic carbocycles. The maximum Gasteiger partial charge on any atom is 0.115 e. The Morgan fingerprint density at radius 1 is 0.971 bits per heavy atom. The maximum atomic E-state index is 12.5. The summed E-state index contributed by atoms with van der Waals surface area (Å²) < 4.78 is 0. The van der Waals surface area contributed by atoms with Gasteiger partial charge in [-0.1, -0.05) is 54.6 Å². The van der Waals surface area contributed by atoms with Crippen LogP contribution >= 0.6 is 0 Å². The Morgan fingerprint density at radius 3 is 2.62 bits per heavy atom. The number of aromatic nitrogens is 1. The second-order valence-corrected chi connectivity index (χ2v) is 10.4. The number of nitrogens with zero attached hydrogens (tertiary/aromatic N) is 1. The molecule has 0 amide bonds. The number of aliphatic hydroxyl groups is 1. The number of β-amino-alcohol motifs (C(OH)–C–C–N with tert-alkyl or cyclic N) is 1. The Labute approximate surface area is 200 Å². The van der Waals surface area contributed by atoms with Crippen LogP contribution < -0.4 is 0 Å². The lowest BCUT2D eigenvalue weighted by molar-refractivity contribution is -0.102. The average Bonchev–Trinajstić information content (AvgIpc) is 3.19. The molecule has 1 aliphatic heterocycles. The van der Waals surface area contributed by atoms with E-state index in [4.69, 9.17) is 0 Å². The van der Waals surface area contributed by atoms with Gasteiger partial charge in [-0.05, 0) is 66.8 Å². The van der Waals surface area contributed by atoms with E-state index >= 15 is 0 Å². The predicted molar refractivity (Wildman–Crippen MR) is 136 cm³/mol. The number of aromatic amines is 1. The number of aryl methyl sites for hydroxylation is 1. The molecule has 2 atom stereocenters. The molecule has 6 rings (SSSR count). The van der Waals surface area contributed by atoms with Gasteiger partial charge in [0.15, 0.2) is 0 Å². The Morgan fingerprint density at radius 2 is 1.79 bits per heavy atom. The lowest BCUT2D eigenvalue weighted by Gasteiger charge is -2.56. The van der Waals surface area contributed by atoms with Gasteiger partial charge in [-0.25, -0.2) is 0 Å². The van der Waals surface area contributed by atoms with Gasteiger partial charge in [-0.15, -0.1) is 0 Å². The van der Waals surface area contributed by atoms with E-state index in [-0.39, 0.29) is 5.75 Å². The van der Waals surface area contributed by atoms with Gasteiger partial charge in [0.2, 0.25) is 0 Å². The molecule has 4 aromatic rings. The average molecular weight is 453 g/mol. The van der Waals surface area contributed by atoms with Gasteiger partial charge < -0.3 is 20.1 Å². The maximum absolute atomic E-state index is 12.5. The zero-order valence-electron chi connectivity index (χ0n) is 19.7. The molecular weight excluding hydrogens is 420 g/mol. The van der Waals surface area contributed by atoms with E-state index in [9.17, 15) is 10.2 Å². The van der Waals surface area contributed by atoms with Crippen molar-refractivity contribution >= 4 is 10.9 Å². The Balaban J connectivity index is 1.41. The van der Waals surface area contributed by atoms with Crippen LogP contribution in [0, 0.1) is 6.92 Å². The molecule has 34 heavy (non-hydrogen) atoms. The number of likely N-dealkylation sites (tertiary alicyclic amines) is 1. The summed E-state index contributed by atoms with van der Waals surface area (Å²) in [6.07, 6.45) is 3.20. The number of benzene rings is 3. The third-order valence-electron chi connectivity index (χ3n) is 8.36. The molecule has 1 saturated heterocycles. The first-order valence-electron chi connectivity index (χ1n) is 12.3. The first-order valence-corrected chi connectivity index (χ1v) is 12.3. The van der Waals surface area contributed by atoms with Crippen molar-refractivity contribution in [1.82, 2.24) is 9.88 Å². The van der Waals surface area contributed by atoms with Crippen LogP contribution in [0.4, 0.5) is 0 Å². The number of hydrogen-bond acceptors (Lipinski definition) is 3. The fraction of sp³-hybridized carbons (Fsp3) is 0.333. The first kappa shape index (κ1) is 21.5. The van der Waals surface area contributed by atoms with Gasteiger partial charge in [0.05, 0.1) is 5.60 Å². The molecule has 0 radical (unpaired) electrons. The monoisotopic (exact) mass is 452 g/mol. The predicted octanol–water partition coefficient (Wildman–Crippen LogP) is 4.90. The van der Waals surface area contributed by atoms with Crippen molar-refractivity contribution < 1.29 is 10.2 Å². The van der Waals surface area contributed by atoms with Crippen molar-refractivity contribution in [2.24, 2.45) is 0 Å². The van der Waals surface area contributed by atoms with Crippen molar-refractivity contribution in [2.45, 2.75) is 43.6 Å². The molecule has 1 aliphatic carbocycles. The number of aromatic hydroxyl groups is 1. The minimum atomic E-state index is -0.917. The molecule has 0 spiro atoms. The number of rotatable bonds is 4. The summed E-state index contributed by atoms with van der Waals surface area (Å²) in [6, 6.07) is 24.6. The quantitative estimate of drug-likeness (QED) is 0.413. The zero-order chi connectivity index (χ0) is 23.3. The van der Waals surface area contributed by atoms with Gasteiger partial charge in [-0.2, -0.15) is 0 Å². The number of hydrogen-bond donors (Lipinski definition) is 3. The van der Waals surface area contributed by atoms with E-state index in [0.29, 0.717) is 13.0 Å². The fourth-order valence-electron chi connectivity index (χ4n) is 6.60. The highest BCUT2D eigenvalue weighted by Gasteiger charge is 2.57. The molecule has 2 aliphatic rings. The van der Waals surface area contributed by atoms with E-state index in [1.165, 1.54) is 27.8 Å². The fourth-order valence-corrected chi connectivity index (χ4v) is 6.60. The second-order valence-electron chi connectivity index (χ2n) is 10.4. The van der Waals surface area contributed by atoms with Gasteiger partial charge in [0.25, 0.3) is 0 Å². The van der Waals surface area contributed by atoms with E-state index in [1.54, 1.807) is 6.07 Å². The van der Waals surface area contributed by atoms with Crippen molar-refractivity contribution in [1.29, 1.82) is 0 Å². The minimum absolute atomic E-state index is 0.263. The lowest BCUT2D eigenvalue weighted by atomic mass is 9.56. The highest BCUT2D eigenvalue weighted by molar-refractivity contribution is 5.88. The molecule has 4 nitrogen and oxygen atoms in total. The van der Waals surface area contributed by atoms with Crippen LogP contribution in [0.2, 0.25) is 0 Å². The summed E-state index contributed by atoms with van der Waals surface area (Å²) in [4.78, 5) is 6.12. The number of piperidine rings is 1. The highest BCUT2D eigenvalue weighted by Crippen LogP contribution is 2.52. The number of phenols is 1. The third kappa shape index (κ3) is 3.36. The molecule has 174 valence electrons. The first-order chi connectivity index (χ1) is 16.5. The lowest BCUT2D eigenvalue weighted by Crippen LogP contribution is -2.66. The smallest absolute Gasteiger partial charge is 0.115 e. The van der Waals surface area contributed by atoms with E-state index in [0.717, 1.165) is 43.4 Å². The normalized spacial score (nSPS) is 24.6. The van der Waals surface area contributed by atoms with Crippen LogP contribution in [0.5, 0.6) is 5.75 Å².